The summed E-state index contributed by atoms with van der Waals surface area (Å²) in [6.07, 6.45) is 1.17. The number of halogens is 1. The van der Waals surface area contributed by atoms with Gasteiger partial charge in [-0.1, -0.05) is 35.9 Å². The maximum Gasteiger partial charge on any atom is 0.230 e. The van der Waals surface area contributed by atoms with Gasteiger partial charge in [0.15, 0.2) is 9.84 Å². The SMILES string of the molecule is C[C@H](NC(=O)CSCc1ccc(Cl)cc1)c1ccc(S(C)(=O)=O)cc1. The summed E-state index contributed by atoms with van der Waals surface area (Å²) in [4.78, 5) is 12.3. The Labute approximate surface area is 157 Å². The van der Waals surface area contributed by atoms with Crippen LogP contribution >= 0.6 is 23.4 Å². The summed E-state index contributed by atoms with van der Waals surface area (Å²) in [5.74, 6) is 1.04. The molecule has 0 saturated heterocycles. The number of carbonyl (C=O) groups excluding carboxylic acids is 1. The van der Waals surface area contributed by atoms with Crippen molar-refractivity contribution in [3.8, 4) is 0 Å². The topological polar surface area (TPSA) is 63.2 Å². The first kappa shape index (κ1) is 19.8. The van der Waals surface area contributed by atoms with E-state index in [4.69, 9.17) is 11.6 Å². The summed E-state index contributed by atoms with van der Waals surface area (Å²) < 4.78 is 22.9. The highest BCUT2D eigenvalue weighted by atomic mass is 35.5. The van der Waals surface area contributed by atoms with Crippen LogP contribution in [0.2, 0.25) is 5.02 Å². The van der Waals surface area contributed by atoms with Crippen molar-refractivity contribution in [2.45, 2.75) is 23.6 Å². The van der Waals surface area contributed by atoms with Crippen molar-refractivity contribution in [2.24, 2.45) is 0 Å². The Morgan fingerprint density at radius 2 is 1.72 bits per heavy atom. The van der Waals surface area contributed by atoms with Crippen molar-refractivity contribution < 1.29 is 13.2 Å². The van der Waals surface area contributed by atoms with Crippen molar-refractivity contribution in [3.63, 3.8) is 0 Å². The number of nitrogens with one attached hydrogen (secondary N) is 1. The lowest BCUT2D eigenvalue weighted by Crippen LogP contribution is -2.28. The molecule has 4 nitrogen and oxygen atoms in total. The lowest BCUT2D eigenvalue weighted by molar-refractivity contribution is -0.119. The average molecular weight is 398 g/mol. The van der Waals surface area contributed by atoms with E-state index >= 15 is 0 Å². The van der Waals surface area contributed by atoms with Gasteiger partial charge in [0.2, 0.25) is 5.91 Å². The zero-order valence-corrected chi connectivity index (χ0v) is 16.4. The molecule has 2 rings (SSSR count). The largest absolute Gasteiger partial charge is 0.349 e. The normalized spacial score (nSPS) is 12.6. The van der Waals surface area contributed by atoms with Crippen molar-refractivity contribution in [2.75, 3.05) is 12.0 Å². The monoisotopic (exact) mass is 397 g/mol. The zero-order chi connectivity index (χ0) is 18.4. The number of carbonyl (C=O) groups is 1. The summed E-state index contributed by atoms with van der Waals surface area (Å²) in [7, 11) is -3.21. The van der Waals surface area contributed by atoms with Crippen LogP contribution in [-0.4, -0.2) is 26.3 Å². The minimum atomic E-state index is -3.21. The second-order valence-corrected chi connectivity index (χ2v) is 9.19. The number of hydrogen-bond acceptors (Lipinski definition) is 4. The Kier molecular flexibility index (Phi) is 6.93. The predicted octanol–water partition coefficient (Wildman–Crippen LogP) is 3.85. The first-order valence-corrected chi connectivity index (χ1v) is 11.1. The Morgan fingerprint density at radius 1 is 1.12 bits per heavy atom. The molecule has 7 heteroatoms. The summed E-state index contributed by atoms with van der Waals surface area (Å²) in [6, 6.07) is 13.9. The maximum absolute atomic E-state index is 12.0. The van der Waals surface area contributed by atoms with E-state index in [1.165, 1.54) is 18.0 Å². The minimum absolute atomic E-state index is 0.0568. The van der Waals surface area contributed by atoms with Crippen molar-refractivity contribution in [1.29, 1.82) is 0 Å². The van der Waals surface area contributed by atoms with E-state index in [-0.39, 0.29) is 16.8 Å². The summed E-state index contributed by atoms with van der Waals surface area (Å²) in [5.41, 5.74) is 1.98. The fourth-order valence-electron chi connectivity index (χ4n) is 2.21. The summed E-state index contributed by atoms with van der Waals surface area (Å²) in [5, 5.41) is 3.62. The predicted molar refractivity (Wildman–Crippen MR) is 104 cm³/mol. The molecule has 134 valence electrons. The Bertz CT molecular complexity index is 818. The molecule has 2 aromatic rings. The molecule has 0 aliphatic rings. The number of benzene rings is 2. The molecular formula is C18H20ClNO3S2. The summed E-state index contributed by atoms with van der Waals surface area (Å²) >= 11 is 7.37. The molecule has 0 heterocycles. The van der Waals surface area contributed by atoms with E-state index in [1.54, 1.807) is 24.3 Å². The second-order valence-electron chi connectivity index (χ2n) is 5.75. The Hall–Kier alpha value is -1.50. The highest BCUT2D eigenvalue weighted by molar-refractivity contribution is 7.99. The quantitative estimate of drug-likeness (QED) is 0.770. The molecule has 0 aliphatic carbocycles. The van der Waals surface area contributed by atoms with Gasteiger partial charge in [-0.3, -0.25) is 4.79 Å². The van der Waals surface area contributed by atoms with Crippen LogP contribution in [0.4, 0.5) is 0 Å². The third-order valence-electron chi connectivity index (χ3n) is 3.60. The van der Waals surface area contributed by atoms with Gasteiger partial charge in [-0.2, -0.15) is 0 Å². The van der Waals surface area contributed by atoms with E-state index in [0.29, 0.717) is 10.8 Å². The molecule has 0 saturated carbocycles. The van der Waals surface area contributed by atoms with Gasteiger partial charge in [-0.15, -0.1) is 11.8 Å². The van der Waals surface area contributed by atoms with E-state index in [9.17, 15) is 13.2 Å². The molecular weight excluding hydrogens is 378 g/mol. The van der Waals surface area contributed by atoms with E-state index in [0.717, 1.165) is 16.9 Å². The fourth-order valence-corrected chi connectivity index (χ4v) is 3.77. The van der Waals surface area contributed by atoms with Crippen LogP contribution in [0.15, 0.2) is 53.4 Å². The molecule has 0 aromatic heterocycles. The second kappa shape index (κ2) is 8.74. The van der Waals surface area contributed by atoms with Gasteiger partial charge >= 0.3 is 0 Å². The molecule has 25 heavy (non-hydrogen) atoms. The third-order valence-corrected chi connectivity index (χ3v) is 5.99. The van der Waals surface area contributed by atoms with Crippen LogP contribution in [0.25, 0.3) is 0 Å². The van der Waals surface area contributed by atoms with Gasteiger partial charge < -0.3 is 5.32 Å². The van der Waals surface area contributed by atoms with Gasteiger partial charge in [0, 0.05) is 17.0 Å². The molecule has 0 bridgehead atoms. The smallest absolute Gasteiger partial charge is 0.230 e. The average Bonchev–Trinajstić information content (AvgIpc) is 2.56. The number of sulfone groups is 1. The van der Waals surface area contributed by atoms with E-state index in [1.807, 2.05) is 31.2 Å². The van der Waals surface area contributed by atoms with Gasteiger partial charge in [-0.05, 0) is 42.3 Å². The first-order valence-electron chi connectivity index (χ1n) is 7.67. The molecule has 1 amide bonds. The standard InChI is InChI=1S/C18H20ClNO3S2/c1-13(15-5-9-17(10-6-15)25(2,22)23)20-18(21)12-24-11-14-3-7-16(19)8-4-14/h3-10,13H,11-12H2,1-2H3,(H,20,21)/t13-/m0/s1. The molecule has 0 fully saturated rings. The lowest BCUT2D eigenvalue weighted by Gasteiger charge is -2.14. The fraction of sp³-hybridized carbons (Fsp3) is 0.278. The summed E-state index contributed by atoms with van der Waals surface area (Å²) in [6.45, 7) is 1.87. The molecule has 0 unspecified atom stereocenters. The van der Waals surface area contributed by atoms with Gasteiger partial charge in [0.1, 0.15) is 0 Å². The van der Waals surface area contributed by atoms with Crippen molar-refractivity contribution in [3.05, 3.63) is 64.7 Å². The Morgan fingerprint density at radius 3 is 2.28 bits per heavy atom. The highest BCUT2D eigenvalue weighted by Gasteiger charge is 2.12. The molecule has 2 aromatic carbocycles. The van der Waals surface area contributed by atoms with Crippen LogP contribution in [0.5, 0.6) is 0 Å². The number of hydrogen-bond donors (Lipinski definition) is 1. The minimum Gasteiger partial charge on any atom is -0.349 e. The number of amides is 1. The van der Waals surface area contributed by atoms with E-state index < -0.39 is 9.84 Å². The Balaban J connectivity index is 1.82. The molecule has 0 aliphatic heterocycles. The molecule has 1 atom stereocenters. The van der Waals surface area contributed by atoms with Crippen LogP contribution in [0.1, 0.15) is 24.1 Å². The maximum atomic E-state index is 12.0. The third kappa shape index (κ3) is 6.38. The van der Waals surface area contributed by atoms with Crippen molar-refractivity contribution >= 4 is 39.1 Å². The zero-order valence-electron chi connectivity index (χ0n) is 14.0. The van der Waals surface area contributed by atoms with Crippen molar-refractivity contribution in [1.82, 2.24) is 5.32 Å². The van der Waals surface area contributed by atoms with Crippen LogP contribution in [-0.2, 0) is 20.4 Å². The van der Waals surface area contributed by atoms with Gasteiger partial charge in [0.25, 0.3) is 0 Å². The van der Waals surface area contributed by atoms with Gasteiger partial charge in [0.05, 0.1) is 16.7 Å². The number of rotatable bonds is 7. The molecule has 1 N–H and O–H groups in total. The molecule has 0 spiro atoms. The lowest BCUT2D eigenvalue weighted by atomic mass is 10.1. The van der Waals surface area contributed by atoms with E-state index in [2.05, 4.69) is 5.32 Å². The highest BCUT2D eigenvalue weighted by Crippen LogP contribution is 2.18. The first-order chi connectivity index (χ1) is 11.8. The van der Waals surface area contributed by atoms with Gasteiger partial charge in [-0.25, -0.2) is 8.42 Å². The van der Waals surface area contributed by atoms with Crippen LogP contribution in [0.3, 0.4) is 0 Å². The van der Waals surface area contributed by atoms with Crippen LogP contribution in [0, 0.1) is 0 Å². The molecule has 0 radical (unpaired) electrons. The number of thioether (sulfide) groups is 1. The van der Waals surface area contributed by atoms with Crippen LogP contribution < -0.4 is 5.32 Å².